The summed E-state index contributed by atoms with van der Waals surface area (Å²) in [7, 11) is 0. The predicted molar refractivity (Wildman–Crippen MR) is 68.2 cm³/mol. The first kappa shape index (κ1) is 13.3. The van der Waals surface area contributed by atoms with Crippen LogP contribution in [-0.4, -0.2) is 41.2 Å². The molecule has 0 unspecified atom stereocenters. The Kier molecular flexibility index (Phi) is 3.99. The van der Waals surface area contributed by atoms with Crippen molar-refractivity contribution < 1.29 is 19.4 Å². The molecule has 102 valence electrons. The van der Waals surface area contributed by atoms with Crippen molar-refractivity contribution in [2.75, 3.05) is 18.1 Å². The molecule has 6 nitrogen and oxygen atoms in total. The number of rotatable bonds is 4. The summed E-state index contributed by atoms with van der Waals surface area (Å²) in [6.07, 6.45) is 2.87. The molecule has 1 fully saturated rings. The van der Waals surface area contributed by atoms with Crippen LogP contribution in [0.15, 0.2) is 18.3 Å². The van der Waals surface area contributed by atoms with Crippen molar-refractivity contribution in [3.8, 4) is 0 Å². The fraction of sp³-hybridized carbons (Fsp3) is 0.462. The maximum absolute atomic E-state index is 11.5. The summed E-state index contributed by atoms with van der Waals surface area (Å²) >= 11 is 0. The zero-order valence-electron chi connectivity index (χ0n) is 10.7. The first-order valence-corrected chi connectivity index (χ1v) is 6.26. The summed E-state index contributed by atoms with van der Waals surface area (Å²) in [5, 5.41) is 9.11. The van der Waals surface area contributed by atoms with Crippen LogP contribution in [-0.2, 0) is 9.53 Å². The van der Waals surface area contributed by atoms with Crippen LogP contribution in [0.3, 0.4) is 0 Å². The van der Waals surface area contributed by atoms with Crippen molar-refractivity contribution in [2.24, 2.45) is 0 Å². The van der Waals surface area contributed by atoms with E-state index in [0.717, 1.165) is 6.42 Å². The van der Waals surface area contributed by atoms with Gasteiger partial charge in [-0.15, -0.1) is 0 Å². The lowest BCUT2D eigenvalue weighted by molar-refractivity contribution is -0.138. The number of carboxylic acid groups (broad SMARTS) is 1. The highest BCUT2D eigenvalue weighted by Gasteiger charge is 2.31. The van der Waals surface area contributed by atoms with Crippen LogP contribution < -0.4 is 4.90 Å². The maximum atomic E-state index is 11.5. The molecule has 2 heterocycles. The van der Waals surface area contributed by atoms with Crippen LogP contribution in [0.25, 0.3) is 0 Å². The van der Waals surface area contributed by atoms with Crippen LogP contribution in [0.2, 0.25) is 0 Å². The standard InChI is InChI=1S/C13H16N2O4/c1-2-19-13(18)9-5-6-11(14-8-9)15-7-3-4-10(15)12(16)17/h5-6,8,10H,2-4,7H2,1H3,(H,16,17)/t10-/m1/s1. The van der Waals surface area contributed by atoms with Gasteiger partial charge in [0.05, 0.1) is 12.2 Å². The lowest BCUT2D eigenvalue weighted by atomic mass is 10.2. The lowest BCUT2D eigenvalue weighted by Crippen LogP contribution is -2.36. The number of anilines is 1. The van der Waals surface area contributed by atoms with E-state index in [-0.39, 0.29) is 0 Å². The molecule has 1 saturated heterocycles. The van der Waals surface area contributed by atoms with Gasteiger partial charge in [-0.05, 0) is 31.9 Å². The molecule has 1 aliphatic rings. The van der Waals surface area contributed by atoms with E-state index < -0.39 is 18.0 Å². The SMILES string of the molecule is CCOC(=O)c1ccc(N2CCC[C@@H]2C(=O)O)nc1. The molecule has 6 heteroatoms. The highest BCUT2D eigenvalue weighted by Crippen LogP contribution is 2.24. The first-order valence-electron chi connectivity index (χ1n) is 6.26. The number of esters is 1. The van der Waals surface area contributed by atoms with Gasteiger partial charge in [0, 0.05) is 12.7 Å². The van der Waals surface area contributed by atoms with Gasteiger partial charge >= 0.3 is 11.9 Å². The van der Waals surface area contributed by atoms with E-state index in [1.807, 2.05) is 0 Å². The second-order valence-corrected chi connectivity index (χ2v) is 4.32. The van der Waals surface area contributed by atoms with Crippen molar-refractivity contribution >= 4 is 17.8 Å². The molecule has 0 radical (unpaired) electrons. The molecule has 0 aliphatic carbocycles. The molecule has 1 aliphatic heterocycles. The Bertz CT molecular complexity index is 472. The number of hydrogen-bond donors (Lipinski definition) is 1. The van der Waals surface area contributed by atoms with Crippen LogP contribution >= 0.6 is 0 Å². The van der Waals surface area contributed by atoms with Gasteiger partial charge in [-0.3, -0.25) is 0 Å². The van der Waals surface area contributed by atoms with E-state index in [1.165, 1.54) is 6.20 Å². The summed E-state index contributed by atoms with van der Waals surface area (Å²) in [6.45, 7) is 2.72. The van der Waals surface area contributed by atoms with Gasteiger partial charge in [0.15, 0.2) is 0 Å². The topological polar surface area (TPSA) is 79.7 Å². The van der Waals surface area contributed by atoms with Gasteiger partial charge in [0.2, 0.25) is 0 Å². The molecule has 0 amide bonds. The fourth-order valence-corrected chi connectivity index (χ4v) is 2.19. The molecular weight excluding hydrogens is 248 g/mol. The first-order chi connectivity index (χ1) is 9.13. The normalized spacial score (nSPS) is 18.4. The minimum Gasteiger partial charge on any atom is -0.480 e. The molecule has 0 aromatic carbocycles. The minimum absolute atomic E-state index is 0.313. The maximum Gasteiger partial charge on any atom is 0.339 e. The summed E-state index contributed by atoms with van der Waals surface area (Å²) in [4.78, 5) is 28.5. The van der Waals surface area contributed by atoms with E-state index in [4.69, 9.17) is 9.84 Å². The fourth-order valence-electron chi connectivity index (χ4n) is 2.19. The lowest BCUT2D eigenvalue weighted by Gasteiger charge is -2.22. The van der Waals surface area contributed by atoms with Crippen LogP contribution in [0.1, 0.15) is 30.1 Å². The zero-order valence-corrected chi connectivity index (χ0v) is 10.7. The predicted octanol–water partition coefficient (Wildman–Crippen LogP) is 1.31. The molecule has 2 rings (SSSR count). The van der Waals surface area contributed by atoms with Gasteiger partial charge < -0.3 is 14.7 Å². The quantitative estimate of drug-likeness (QED) is 0.826. The average Bonchev–Trinajstić information content (AvgIpc) is 2.88. The second kappa shape index (κ2) is 5.69. The van der Waals surface area contributed by atoms with E-state index in [9.17, 15) is 9.59 Å². The number of ether oxygens (including phenoxy) is 1. The third-order valence-electron chi connectivity index (χ3n) is 3.09. The molecule has 0 bridgehead atoms. The van der Waals surface area contributed by atoms with E-state index >= 15 is 0 Å². The van der Waals surface area contributed by atoms with Crippen molar-refractivity contribution in [1.29, 1.82) is 0 Å². The Hall–Kier alpha value is -2.11. The minimum atomic E-state index is -0.839. The summed E-state index contributed by atoms with van der Waals surface area (Å²) in [5.74, 6) is -0.676. The van der Waals surface area contributed by atoms with Gasteiger partial charge in [-0.25, -0.2) is 14.6 Å². The van der Waals surface area contributed by atoms with Gasteiger partial charge in [0.1, 0.15) is 11.9 Å². The van der Waals surface area contributed by atoms with Crippen molar-refractivity contribution in [1.82, 2.24) is 4.98 Å². The highest BCUT2D eigenvalue weighted by molar-refractivity contribution is 5.89. The van der Waals surface area contributed by atoms with Crippen molar-refractivity contribution in [3.63, 3.8) is 0 Å². The highest BCUT2D eigenvalue weighted by atomic mass is 16.5. The number of carbonyl (C=O) groups is 2. The number of pyridine rings is 1. The molecule has 1 aromatic heterocycles. The molecule has 1 N–H and O–H groups in total. The number of aromatic nitrogens is 1. The molecule has 0 spiro atoms. The number of nitrogens with zero attached hydrogens (tertiary/aromatic N) is 2. The zero-order chi connectivity index (χ0) is 13.8. The van der Waals surface area contributed by atoms with Crippen molar-refractivity contribution in [3.05, 3.63) is 23.9 Å². The molecule has 19 heavy (non-hydrogen) atoms. The van der Waals surface area contributed by atoms with Crippen molar-refractivity contribution in [2.45, 2.75) is 25.8 Å². The Labute approximate surface area is 111 Å². The summed E-state index contributed by atoms with van der Waals surface area (Å²) in [5.41, 5.74) is 0.372. The van der Waals surface area contributed by atoms with Gasteiger partial charge in [-0.2, -0.15) is 0 Å². The Morgan fingerprint density at radius 2 is 2.32 bits per heavy atom. The van der Waals surface area contributed by atoms with Crippen LogP contribution in [0, 0.1) is 0 Å². The third kappa shape index (κ3) is 2.83. The van der Waals surface area contributed by atoms with E-state index in [0.29, 0.717) is 31.0 Å². The Morgan fingerprint density at radius 1 is 1.53 bits per heavy atom. The van der Waals surface area contributed by atoms with Crippen LogP contribution in [0.5, 0.6) is 0 Å². The number of carboxylic acids is 1. The second-order valence-electron chi connectivity index (χ2n) is 4.32. The van der Waals surface area contributed by atoms with Crippen LogP contribution in [0.4, 0.5) is 5.82 Å². The summed E-state index contributed by atoms with van der Waals surface area (Å²) in [6, 6.07) is 2.74. The average molecular weight is 264 g/mol. The van der Waals surface area contributed by atoms with E-state index in [1.54, 1.807) is 24.0 Å². The summed E-state index contributed by atoms with van der Waals surface area (Å²) < 4.78 is 4.87. The smallest absolute Gasteiger partial charge is 0.339 e. The number of aliphatic carboxylic acids is 1. The molecule has 1 atom stereocenters. The monoisotopic (exact) mass is 264 g/mol. The van der Waals surface area contributed by atoms with Gasteiger partial charge in [0.25, 0.3) is 0 Å². The molecule has 1 aromatic rings. The Morgan fingerprint density at radius 3 is 2.89 bits per heavy atom. The van der Waals surface area contributed by atoms with E-state index in [2.05, 4.69) is 4.98 Å². The Balaban J connectivity index is 2.14. The molecule has 0 saturated carbocycles. The largest absolute Gasteiger partial charge is 0.480 e. The van der Waals surface area contributed by atoms with Gasteiger partial charge in [-0.1, -0.05) is 0 Å². The molecular formula is C13H16N2O4. The number of hydrogen-bond acceptors (Lipinski definition) is 5. The number of carbonyl (C=O) groups excluding carboxylic acids is 1. The third-order valence-corrected chi connectivity index (χ3v) is 3.09.